The van der Waals surface area contributed by atoms with E-state index in [9.17, 15) is 13.2 Å². The van der Waals surface area contributed by atoms with Gasteiger partial charge in [-0.3, -0.25) is 9.10 Å². The molecule has 1 atom stereocenters. The van der Waals surface area contributed by atoms with Gasteiger partial charge in [-0.1, -0.05) is 35.9 Å². The number of anilines is 1. The van der Waals surface area contributed by atoms with Crippen LogP contribution in [0.25, 0.3) is 0 Å². The highest BCUT2D eigenvalue weighted by Crippen LogP contribution is 2.24. The standard InChI is InChI=1S/C22H30N2O3S2/c1-16-7-6-8-20(12-16)15-28-10-9-23-22(25)19(4)24(29(5,26)27)21-13-17(2)11-18(3)14-21/h6-8,11-14,19H,9-10,15H2,1-5H3,(H,23,25)/t19-/m0/s1. The third-order valence-corrected chi connectivity index (χ3v) is 6.72. The molecule has 5 nitrogen and oxygen atoms in total. The summed E-state index contributed by atoms with van der Waals surface area (Å²) in [6.45, 7) is 8.00. The molecule has 2 aromatic carbocycles. The van der Waals surface area contributed by atoms with Crippen LogP contribution in [0.15, 0.2) is 42.5 Å². The average Bonchev–Trinajstić information content (AvgIpc) is 2.59. The zero-order valence-electron chi connectivity index (χ0n) is 17.7. The van der Waals surface area contributed by atoms with E-state index in [0.717, 1.165) is 28.9 Å². The molecule has 29 heavy (non-hydrogen) atoms. The van der Waals surface area contributed by atoms with Gasteiger partial charge < -0.3 is 5.32 Å². The molecule has 0 heterocycles. The average molecular weight is 435 g/mol. The third-order valence-electron chi connectivity index (χ3n) is 4.45. The Labute approximate surface area is 178 Å². The highest BCUT2D eigenvalue weighted by atomic mass is 32.2. The first-order valence-corrected chi connectivity index (χ1v) is 12.6. The van der Waals surface area contributed by atoms with Crippen LogP contribution in [0, 0.1) is 20.8 Å². The van der Waals surface area contributed by atoms with Crippen molar-refractivity contribution in [3.63, 3.8) is 0 Å². The third kappa shape index (κ3) is 7.08. The lowest BCUT2D eigenvalue weighted by Crippen LogP contribution is -2.48. The van der Waals surface area contributed by atoms with Crippen LogP contribution in [-0.4, -0.2) is 38.9 Å². The lowest BCUT2D eigenvalue weighted by molar-refractivity contribution is -0.121. The minimum atomic E-state index is -3.60. The van der Waals surface area contributed by atoms with Crippen LogP contribution in [0.4, 0.5) is 5.69 Å². The minimum absolute atomic E-state index is 0.300. The van der Waals surface area contributed by atoms with Crippen molar-refractivity contribution in [1.29, 1.82) is 0 Å². The quantitative estimate of drug-likeness (QED) is 0.610. The molecule has 2 aromatic rings. The van der Waals surface area contributed by atoms with E-state index in [-0.39, 0.29) is 5.91 Å². The Morgan fingerprint density at radius 1 is 1.07 bits per heavy atom. The van der Waals surface area contributed by atoms with Crippen LogP contribution in [0.2, 0.25) is 0 Å². The SMILES string of the molecule is Cc1cccc(CSCCNC(=O)[C@H](C)N(c2cc(C)cc(C)c2)S(C)(=O)=O)c1. The second-order valence-electron chi connectivity index (χ2n) is 7.41. The molecule has 1 N–H and O–H groups in total. The van der Waals surface area contributed by atoms with Crippen molar-refractivity contribution in [1.82, 2.24) is 5.32 Å². The Morgan fingerprint density at radius 2 is 1.72 bits per heavy atom. The fourth-order valence-corrected chi connectivity index (χ4v) is 5.24. The van der Waals surface area contributed by atoms with Crippen LogP contribution < -0.4 is 9.62 Å². The Balaban J connectivity index is 1.95. The molecule has 0 fully saturated rings. The number of hydrogen-bond acceptors (Lipinski definition) is 4. The normalized spacial score (nSPS) is 12.4. The predicted molar refractivity (Wildman–Crippen MR) is 123 cm³/mol. The maximum atomic E-state index is 12.6. The molecule has 0 aliphatic carbocycles. The van der Waals surface area contributed by atoms with Crippen molar-refractivity contribution in [2.45, 2.75) is 39.5 Å². The first-order valence-electron chi connectivity index (χ1n) is 9.56. The molecule has 0 spiro atoms. The van der Waals surface area contributed by atoms with Gasteiger partial charge in [0.25, 0.3) is 0 Å². The highest BCUT2D eigenvalue weighted by Gasteiger charge is 2.29. The van der Waals surface area contributed by atoms with Crippen molar-refractivity contribution in [2.75, 3.05) is 22.9 Å². The molecule has 7 heteroatoms. The monoisotopic (exact) mass is 434 g/mol. The number of sulfonamides is 1. The molecule has 0 unspecified atom stereocenters. The van der Waals surface area contributed by atoms with E-state index in [4.69, 9.17) is 0 Å². The van der Waals surface area contributed by atoms with Gasteiger partial charge in [0, 0.05) is 18.1 Å². The van der Waals surface area contributed by atoms with E-state index in [1.54, 1.807) is 30.8 Å². The Bertz CT molecular complexity index is 938. The molecule has 0 saturated carbocycles. The lowest BCUT2D eigenvalue weighted by Gasteiger charge is -2.28. The number of rotatable bonds is 9. The summed E-state index contributed by atoms with van der Waals surface area (Å²) < 4.78 is 26.0. The van der Waals surface area contributed by atoms with Crippen molar-refractivity contribution in [3.8, 4) is 0 Å². The maximum Gasteiger partial charge on any atom is 0.243 e. The number of benzene rings is 2. The van der Waals surface area contributed by atoms with Gasteiger partial charge in [-0.05, 0) is 56.5 Å². The number of carbonyl (C=O) groups excluding carboxylic acids is 1. The molecule has 0 saturated heterocycles. The number of thioether (sulfide) groups is 1. The van der Waals surface area contributed by atoms with Gasteiger partial charge in [0.1, 0.15) is 6.04 Å². The summed E-state index contributed by atoms with van der Waals surface area (Å²) in [5, 5.41) is 2.87. The molecule has 0 aromatic heterocycles. The zero-order chi connectivity index (χ0) is 21.6. The van der Waals surface area contributed by atoms with Gasteiger partial charge in [0.05, 0.1) is 11.9 Å². The van der Waals surface area contributed by atoms with Gasteiger partial charge in [-0.15, -0.1) is 0 Å². The van der Waals surface area contributed by atoms with E-state index >= 15 is 0 Å². The fraction of sp³-hybridized carbons (Fsp3) is 0.409. The number of amides is 1. The van der Waals surface area contributed by atoms with Gasteiger partial charge in [0.2, 0.25) is 15.9 Å². The van der Waals surface area contributed by atoms with Gasteiger partial charge in [0.15, 0.2) is 0 Å². The van der Waals surface area contributed by atoms with Crippen LogP contribution >= 0.6 is 11.8 Å². The van der Waals surface area contributed by atoms with Crippen molar-refractivity contribution >= 4 is 33.4 Å². The summed E-state index contributed by atoms with van der Waals surface area (Å²) >= 11 is 1.74. The maximum absolute atomic E-state index is 12.6. The predicted octanol–water partition coefficient (Wildman–Crippen LogP) is 3.82. The highest BCUT2D eigenvalue weighted by molar-refractivity contribution is 7.98. The minimum Gasteiger partial charge on any atom is -0.353 e. The van der Waals surface area contributed by atoms with Crippen molar-refractivity contribution < 1.29 is 13.2 Å². The number of nitrogens with one attached hydrogen (secondary N) is 1. The van der Waals surface area contributed by atoms with Gasteiger partial charge >= 0.3 is 0 Å². The molecule has 0 aliphatic heterocycles. The van der Waals surface area contributed by atoms with Crippen molar-refractivity contribution in [2.24, 2.45) is 0 Å². The van der Waals surface area contributed by atoms with E-state index < -0.39 is 16.1 Å². The van der Waals surface area contributed by atoms with Crippen LogP contribution in [0.5, 0.6) is 0 Å². The van der Waals surface area contributed by atoms with E-state index in [0.29, 0.717) is 12.2 Å². The summed E-state index contributed by atoms with van der Waals surface area (Å²) in [4.78, 5) is 12.6. The summed E-state index contributed by atoms with van der Waals surface area (Å²) in [5.74, 6) is 1.34. The Kier molecular flexibility index (Phi) is 8.16. The van der Waals surface area contributed by atoms with Crippen LogP contribution in [0.3, 0.4) is 0 Å². The molecule has 0 radical (unpaired) electrons. The Morgan fingerprint density at radius 3 is 2.31 bits per heavy atom. The van der Waals surface area contributed by atoms with Crippen molar-refractivity contribution in [3.05, 3.63) is 64.7 Å². The largest absolute Gasteiger partial charge is 0.353 e. The van der Waals surface area contributed by atoms with Crippen LogP contribution in [-0.2, 0) is 20.6 Å². The summed E-state index contributed by atoms with van der Waals surface area (Å²) in [6, 6.07) is 13.1. The first kappa shape index (κ1) is 23.3. The zero-order valence-corrected chi connectivity index (χ0v) is 19.4. The molecule has 1 amide bonds. The molecular formula is C22H30N2O3S2. The lowest BCUT2D eigenvalue weighted by atomic mass is 10.1. The molecule has 158 valence electrons. The summed E-state index contributed by atoms with van der Waals surface area (Å²) in [7, 11) is -3.60. The number of hydrogen-bond donors (Lipinski definition) is 1. The fourth-order valence-electron chi connectivity index (χ4n) is 3.27. The topological polar surface area (TPSA) is 66.5 Å². The Hall–Kier alpha value is -1.99. The van der Waals surface area contributed by atoms with Gasteiger partial charge in [-0.25, -0.2) is 8.42 Å². The van der Waals surface area contributed by atoms with E-state index in [2.05, 4.69) is 30.4 Å². The van der Waals surface area contributed by atoms with E-state index in [1.807, 2.05) is 26.0 Å². The molecule has 0 aliphatic rings. The molecule has 2 rings (SSSR count). The first-order chi connectivity index (χ1) is 13.6. The number of nitrogens with zero attached hydrogens (tertiary/aromatic N) is 1. The smallest absolute Gasteiger partial charge is 0.243 e. The summed E-state index contributed by atoms with van der Waals surface area (Å²) in [5.41, 5.74) is 4.91. The molecule has 0 bridgehead atoms. The second kappa shape index (κ2) is 10.2. The van der Waals surface area contributed by atoms with Crippen LogP contribution in [0.1, 0.15) is 29.2 Å². The number of aryl methyl sites for hydroxylation is 3. The second-order valence-corrected chi connectivity index (χ2v) is 10.4. The van der Waals surface area contributed by atoms with E-state index in [1.165, 1.54) is 15.4 Å². The number of carbonyl (C=O) groups is 1. The summed E-state index contributed by atoms with van der Waals surface area (Å²) in [6.07, 6.45) is 1.13. The molecular weight excluding hydrogens is 404 g/mol. The van der Waals surface area contributed by atoms with Gasteiger partial charge in [-0.2, -0.15) is 11.8 Å².